The molecule has 5 nitrogen and oxygen atoms in total. The molecular weight excluding hydrogens is 232 g/mol. The third-order valence-electron chi connectivity index (χ3n) is 2.14. The highest BCUT2D eigenvalue weighted by Gasteiger charge is 2.19. The fraction of sp³-hybridized carbons (Fsp3) is 0.200. The summed E-state index contributed by atoms with van der Waals surface area (Å²) in [5.74, 6) is -3.43. The number of carbonyl (C=O) groups is 1. The Bertz CT molecular complexity index is 463. The average molecular weight is 243 g/mol. The van der Waals surface area contributed by atoms with E-state index in [1.165, 1.54) is 6.92 Å². The molecule has 1 rings (SSSR count). The highest BCUT2D eigenvalue weighted by atomic mass is 19.1. The van der Waals surface area contributed by atoms with Gasteiger partial charge in [0.2, 0.25) is 5.91 Å². The van der Waals surface area contributed by atoms with Gasteiger partial charge in [-0.1, -0.05) is 5.16 Å². The second kappa shape index (κ2) is 5.24. The van der Waals surface area contributed by atoms with Crippen LogP contribution >= 0.6 is 0 Å². The number of nitrogens with two attached hydrogens (primary N) is 1. The standard InChI is InChI=1S/C10H11F2N3O2/c1-5(9(13)15-17)10(16)14-8-4-6(11)2-3-7(8)12/h2-5,17H,1H3,(H2,13,15)(H,14,16). The first-order valence-electron chi connectivity index (χ1n) is 4.69. The molecule has 0 aliphatic rings. The van der Waals surface area contributed by atoms with E-state index in [1.807, 2.05) is 0 Å². The van der Waals surface area contributed by atoms with E-state index in [0.29, 0.717) is 0 Å². The molecule has 0 saturated heterocycles. The van der Waals surface area contributed by atoms with Crippen LogP contribution in [0.4, 0.5) is 14.5 Å². The Morgan fingerprint density at radius 2 is 2.18 bits per heavy atom. The van der Waals surface area contributed by atoms with Crippen molar-refractivity contribution in [1.82, 2.24) is 0 Å². The van der Waals surface area contributed by atoms with E-state index in [-0.39, 0.29) is 11.5 Å². The molecule has 1 unspecified atom stereocenters. The Balaban J connectivity index is 2.84. The van der Waals surface area contributed by atoms with Crippen molar-refractivity contribution in [2.75, 3.05) is 5.32 Å². The van der Waals surface area contributed by atoms with Crippen molar-refractivity contribution in [3.8, 4) is 0 Å². The number of halogens is 2. The van der Waals surface area contributed by atoms with E-state index < -0.39 is 23.5 Å². The lowest BCUT2D eigenvalue weighted by Gasteiger charge is -2.11. The maximum absolute atomic E-state index is 13.2. The van der Waals surface area contributed by atoms with Crippen LogP contribution in [-0.4, -0.2) is 17.0 Å². The van der Waals surface area contributed by atoms with Crippen molar-refractivity contribution in [3.63, 3.8) is 0 Å². The number of nitrogens with zero attached hydrogens (tertiary/aromatic N) is 1. The van der Waals surface area contributed by atoms with Crippen LogP contribution in [0.15, 0.2) is 23.4 Å². The molecular formula is C10H11F2N3O2. The van der Waals surface area contributed by atoms with Crippen molar-refractivity contribution in [3.05, 3.63) is 29.8 Å². The number of amidine groups is 1. The summed E-state index contributed by atoms with van der Waals surface area (Å²) in [5.41, 5.74) is 4.91. The van der Waals surface area contributed by atoms with Crippen LogP contribution < -0.4 is 11.1 Å². The molecule has 0 fully saturated rings. The fourth-order valence-corrected chi connectivity index (χ4v) is 1.06. The zero-order valence-corrected chi connectivity index (χ0v) is 8.95. The molecule has 0 spiro atoms. The second-order valence-corrected chi connectivity index (χ2v) is 3.36. The summed E-state index contributed by atoms with van der Waals surface area (Å²) in [5, 5.41) is 13.2. The van der Waals surface area contributed by atoms with Gasteiger partial charge in [-0.3, -0.25) is 4.79 Å². The lowest BCUT2D eigenvalue weighted by molar-refractivity contribution is -0.117. The van der Waals surface area contributed by atoms with Gasteiger partial charge in [-0.25, -0.2) is 8.78 Å². The number of anilines is 1. The zero-order valence-electron chi connectivity index (χ0n) is 8.95. The molecule has 1 atom stereocenters. The highest BCUT2D eigenvalue weighted by Crippen LogP contribution is 2.16. The van der Waals surface area contributed by atoms with E-state index >= 15 is 0 Å². The maximum atomic E-state index is 13.2. The summed E-state index contributed by atoms with van der Waals surface area (Å²) in [4.78, 5) is 11.5. The Labute approximate surface area is 95.9 Å². The van der Waals surface area contributed by atoms with Crippen LogP contribution in [-0.2, 0) is 4.79 Å². The van der Waals surface area contributed by atoms with Crippen molar-refractivity contribution >= 4 is 17.4 Å². The van der Waals surface area contributed by atoms with Gasteiger partial charge in [-0.15, -0.1) is 0 Å². The van der Waals surface area contributed by atoms with Crippen LogP contribution in [0, 0.1) is 17.6 Å². The molecule has 17 heavy (non-hydrogen) atoms. The summed E-state index contributed by atoms with van der Waals surface area (Å²) in [6.07, 6.45) is 0. The van der Waals surface area contributed by atoms with Crippen molar-refractivity contribution < 1.29 is 18.8 Å². The SMILES string of the molecule is CC(C(=O)Nc1cc(F)ccc1F)C(N)=NO. The highest BCUT2D eigenvalue weighted by molar-refractivity contribution is 6.07. The number of nitrogens with one attached hydrogen (secondary N) is 1. The topological polar surface area (TPSA) is 87.7 Å². The van der Waals surface area contributed by atoms with Crippen LogP contribution in [0.25, 0.3) is 0 Å². The first-order valence-corrected chi connectivity index (χ1v) is 4.69. The summed E-state index contributed by atoms with van der Waals surface area (Å²) >= 11 is 0. The predicted molar refractivity (Wildman–Crippen MR) is 57.6 cm³/mol. The van der Waals surface area contributed by atoms with Gasteiger partial charge in [0.15, 0.2) is 5.84 Å². The molecule has 0 aromatic heterocycles. The second-order valence-electron chi connectivity index (χ2n) is 3.36. The average Bonchev–Trinajstić information content (AvgIpc) is 2.31. The van der Waals surface area contributed by atoms with Crippen LogP contribution in [0.3, 0.4) is 0 Å². The number of amides is 1. The molecule has 0 radical (unpaired) electrons. The monoisotopic (exact) mass is 243 g/mol. The normalized spacial score (nSPS) is 13.2. The van der Waals surface area contributed by atoms with E-state index in [9.17, 15) is 13.6 Å². The number of oxime groups is 1. The minimum Gasteiger partial charge on any atom is -0.409 e. The zero-order chi connectivity index (χ0) is 13.0. The van der Waals surface area contributed by atoms with Crippen molar-refractivity contribution in [1.29, 1.82) is 0 Å². The van der Waals surface area contributed by atoms with Crippen LogP contribution in [0.2, 0.25) is 0 Å². The number of rotatable bonds is 3. The first kappa shape index (κ1) is 12.9. The third kappa shape index (κ3) is 3.13. The van der Waals surface area contributed by atoms with Gasteiger partial charge in [0.05, 0.1) is 11.6 Å². The Hall–Kier alpha value is -2.18. The van der Waals surface area contributed by atoms with Crippen molar-refractivity contribution in [2.24, 2.45) is 16.8 Å². The van der Waals surface area contributed by atoms with E-state index in [1.54, 1.807) is 0 Å². The quantitative estimate of drug-likeness (QED) is 0.323. The Morgan fingerprint density at radius 3 is 2.76 bits per heavy atom. The van der Waals surface area contributed by atoms with Gasteiger partial charge in [0.1, 0.15) is 11.6 Å². The number of carbonyl (C=O) groups excluding carboxylic acids is 1. The summed E-state index contributed by atoms with van der Waals surface area (Å²) in [7, 11) is 0. The fourth-order valence-electron chi connectivity index (χ4n) is 1.06. The lowest BCUT2D eigenvalue weighted by Crippen LogP contribution is -2.32. The molecule has 0 aliphatic carbocycles. The Kier molecular flexibility index (Phi) is 3.97. The summed E-state index contributed by atoms with van der Waals surface area (Å²) in [6, 6.07) is 2.66. The largest absolute Gasteiger partial charge is 0.409 e. The molecule has 7 heteroatoms. The van der Waals surface area contributed by atoms with Gasteiger partial charge in [0, 0.05) is 6.07 Å². The number of hydrogen-bond donors (Lipinski definition) is 3. The molecule has 0 saturated carbocycles. The van der Waals surface area contributed by atoms with Gasteiger partial charge in [0.25, 0.3) is 0 Å². The molecule has 1 aromatic rings. The molecule has 0 heterocycles. The minimum atomic E-state index is -0.956. The predicted octanol–water partition coefficient (Wildman–Crippen LogP) is 1.29. The van der Waals surface area contributed by atoms with Gasteiger partial charge < -0.3 is 16.3 Å². The van der Waals surface area contributed by atoms with Crippen molar-refractivity contribution in [2.45, 2.75) is 6.92 Å². The maximum Gasteiger partial charge on any atom is 0.235 e. The first-order chi connectivity index (χ1) is 7.95. The Morgan fingerprint density at radius 1 is 1.53 bits per heavy atom. The number of benzene rings is 1. The van der Waals surface area contributed by atoms with Gasteiger partial charge >= 0.3 is 0 Å². The van der Waals surface area contributed by atoms with Gasteiger partial charge in [-0.05, 0) is 19.1 Å². The summed E-state index contributed by atoms with van der Waals surface area (Å²) < 4.78 is 26.0. The third-order valence-corrected chi connectivity index (χ3v) is 2.14. The van der Waals surface area contributed by atoms with E-state index in [4.69, 9.17) is 10.9 Å². The van der Waals surface area contributed by atoms with Crippen LogP contribution in [0.1, 0.15) is 6.92 Å². The van der Waals surface area contributed by atoms with E-state index in [0.717, 1.165) is 18.2 Å². The molecule has 1 aromatic carbocycles. The number of hydrogen-bond acceptors (Lipinski definition) is 3. The minimum absolute atomic E-state index is 0.299. The smallest absolute Gasteiger partial charge is 0.235 e. The molecule has 0 aliphatic heterocycles. The van der Waals surface area contributed by atoms with Crippen LogP contribution in [0.5, 0.6) is 0 Å². The lowest BCUT2D eigenvalue weighted by atomic mass is 10.1. The van der Waals surface area contributed by atoms with Gasteiger partial charge in [-0.2, -0.15) is 0 Å². The summed E-state index contributed by atoms with van der Waals surface area (Å²) in [6.45, 7) is 1.36. The molecule has 0 bridgehead atoms. The van der Waals surface area contributed by atoms with E-state index in [2.05, 4.69) is 10.5 Å². The molecule has 1 amide bonds. The molecule has 92 valence electrons. The molecule has 4 N–H and O–H groups in total.